The van der Waals surface area contributed by atoms with Crippen LogP contribution in [0.2, 0.25) is 0 Å². The smallest absolute Gasteiger partial charge is 0.238 e. The van der Waals surface area contributed by atoms with Crippen LogP contribution in [-0.4, -0.2) is 35.2 Å². The Morgan fingerprint density at radius 2 is 2.06 bits per heavy atom. The van der Waals surface area contributed by atoms with Crippen molar-refractivity contribution in [2.24, 2.45) is 12.1 Å². The van der Waals surface area contributed by atoms with E-state index in [0.717, 1.165) is 4.90 Å². The molecular formula is C21H23N7O2S. The number of anilines is 4. The van der Waals surface area contributed by atoms with E-state index < -0.39 is 100 Å². The van der Waals surface area contributed by atoms with Crippen molar-refractivity contribution in [3.63, 3.8) is 0 Å². The number of rotatable bonds is 5. The summed E-state index contributed by atoms with van der Waals surface area (Å²) >= 11 is 0. The molecule has 4 rings (SSSR count). The van der Waals surface area contributed by atoms with Crippen LogP contribution in [0.1, 0.15) is 30.4 Å². The molecule has 2 heterocycles. The van der Waals surface area contributed by atoms with Crippen LogP contribution in [0.3, 0.4) is 0 Å². The molecule has 3 N–H and O–H groups in total. The second-order valence-electron chi connectivity index (χ2n) is 6.24. The molecule has 2 aromatic heterocycles. The standard InChI is InChI=1S/C21H23N7O2S/c1-13-5-6-15(11-19(13)31(22,29)30)24-21-23-10-9-20(25-21)27(3)16-7-8-17-14(2)28(4)26-18(17)12-16/h5-12H,1-4H3,(H2,22,29,30)(H,23,24,25)/i1D3,4D3,5D,6D,7D,8D,9D,10D,11D,12D. The van der Waals surface area contributed by atoms with Gasteiger partial charge in [0.2, 0.25) is 16.0 Å². The number of hydrogen-bond donors (Lipinski definition) is 2. The van der Waals surface area contributed by atoms with Crippen molar-refractivity contribution < 1.29 is 27.6 Å². The van der Waals surface area contributed by atoms with Crippen LogP contribution in [0, 0.1) is 13.8 Å². The number of nitrogens with one attached hydrogen (secondary N) is 1. The Balaban J connectivity index is 1.93. The maximum atomic E-state index is 12.3. The van der Waals surface area contributed by atoms with Crippen molar-refractivity contribution in [3.05, 3.63) is 59.7 Å². The van der Waals surface area contributed by atoms with Gasteiger partial charge in [0.05, 0.1) is 21.4 Å². The molecule has 0 saturated carbocycles. The van der Waals surface area contributed by atoms with E-state index in [-0.39, 0.29) is 22.3 Å². The van der Waals surface area contributed by atoms with Gasteiger partial charge >= 0.3 is 0 Å². The number of aromatic nitrogens is 4. The predicted octanol–water partition coefficient (Wildman–Crippen LogP) is 3.14. The van der Waals surface area contributed by atoms with Gasteiger partial charge in [0, 0.05) is 50.9 Å². The van der Waals surface area contributed by atoms with Gasteiger partial charge in [0.1, 0.15) is 5.82 Å². The minimum absolute atomic E-state index is 0.0175. The van der Waals surface area contributed by atoms with Crippen LogP contribution in [0.5, 0.6) is 0 Å². The van der Waals surface area contributed by atoms with Crippen LogP contribution in [-0.2, 0) is 17.0 Å². The van der Waals surface area contributed by atoms with Crippen molar-refractivity contribution in [2.75, 3.05) is 17.3 Å². The summed E-state index contributed by atoms with van der Waals surface area (Å²) in [7, 11) is -3.70. The molecule has 4 aromatic rings. The highest BCUT2D eigenvalue weighted by atomic mass is 32.2. The number of benzene rings is 2. The fraction of sp³-hybridized carbons (Fsp3) is 0.190. The number of nitrogens with two attached hydrogens (primary N) is 1. The SMILES string of the molecule is [2H]c1nc(Nc2c([2H])c([2H])c(C([2H])([2H])[2H])c(S(N)(=O)=O)c2[2H])nc(N(C)c2c([2H])c([2H])c3c(C)n(C([2H])([2H])[2H])nc3c2[2H])c1[2H]. The number of fused-ring (bicyclic) bond motifs is 1. The predicted molar refractivity (Wildman–Crippen MR) is 121 cm³/mol. The fourth-order valence-corrected chi connectivity index (χ4v) is 3.13. The van der Waals surface area contributed by atoms with E-state index in [1.165, 1.54) is 14.0 Å². The van der Waals surface area contributed by atoms with Crippen LogP contribution in [0.15, 0.2) is 53.4 Å². The molecule has 0 amide bonds. The lowest BCUT2D eigenvalue weighted by atomic mass is 10.2. The molecule has 0 spiro atoms. The van der Waals surface area contributed by atoms with E-state index in [9.17, 15) is 8.42 Å². The molecule has 2 aromatic carbocycles. The third kappa shape index (κ3) is 4.07. The summed E-state index contributed by atoms with van der Waals surface area (Å²) in [6, 6.07) is -5.33. The van der Waals surface area contributed by atoms with Gasteiger partial charge in [0.15, 0.2) is 0 Å². The van der Waals surface area contributed by atoms with Crippen LogP contribution < -0.4 is 15.4 Å². The number of primary sulfonamides is 1. The van der Waals surface area contributed by atoms with Gasteiger partial charge in [-0.2, -0.15) is 10.1 Å². The van der Waals surface area contributed by atoms with Gasteiger partial charge in [-0.15, -0.1) is 0 Å². The van der Waals surface area contributed by atoms with Crippen molar-refractivity contribution in [3.8, 4) is 0 Å². The molecule has 0 atom stereocenters. The lowest BCUT2D eigenvalue weighted by Gasteiger charge is -2.19. The number of nitrogens with zero attached hydrogens (tertiary/aromatic N) is 5. The Kier molecular flexibility index (Phi) is 2.40. The second kappa shape index (κ2) is 7.64. The first-order valence-corrected chi connectivity index (χ1v) is 9.98. The van der Waals surface area contributed by atoms with E-state index in [0.29, 0.717) is 4.68 Å². The summed E-state index contributed by atoms with van der Waals surface area (Å²) in [5.41, 5.74) is -2.47. The normalized spacial score (nSPS) is 18.9. The summed E-state index contributed by atoms with van der Waals surface area (Å²) in [5, 5.41) is 11.4. The van der Waals surface area contributed by atoms with Crippen molar-refractivity contribution in [1.82, 2.24) is 19.7 Å². The average molecular weight is 452 g/mol. The zero-order valence-corrected chi connectivity index (χ0v) is 16.9. The first kappa shape index (κ1) is 9.75. The molecule has 0 fully saturated rings. The molecule has 0 unspecified atom stereocenters. The molecule has 10 heteroatoms. The summed E-state index contributed by atoms with van der Waals surface area (Å²) in [5.74, 6) is -1.09. The lowest BCUT2D eigenvalue weighted by molar-refractivity contribution is 0.597. The molecule has 160 valence electrons. The maximum Gasteiger partial charge on any atom is 0.238 e. The quantitative estimate of drug-likeness (QED) is 0.478. The zero-order chi connectivity index (χ0) is 34.3. The Morgan fingerprint density at radius 1 is 1.23 bits per heavy atom. The van der Waals surface area contributed by atoms with Crippen molar-refractivity contribution in [1.29, 1.82) is 0 Å². The van der Waals surface area contributed by atoms with E-state index in [4.69, 9.17) is 24.3 Å². The third-order valence-corrected chi connectivity index (χ3v) is 5.03. The van der Waals surface area contributed by atoms with Gasteiger partial charge in [-0.25, -0.2) is 18.5 Å². The van der Waals surface area contributed by atoms with Gasteiger partial charge in [-0.3, -0.25) is 4.68 Å². The molecule has 31 heavy (non-hydrogen) atoms. The summed E-state index contributed by atoms with van der Waals surface area (Å²) in [6.45, 7) is -4.63. The molecule has 0 radical (unpaired) electrons. The largest absolute Gasteiger partial charge is 0.329 e. The minimum atomic E-state index is -4.93. The second-order valence-corrected chi connectivity index (χ2v) is 7.73. The van der Waals surface area contributed by atoms with E-state index in [1.807, 2.05) is 0 Å². The van der Waals surface area contributed by atoms with Gasteiger partial charge in [-0.1, -0.05) is 6.04 Å². The van der Waals surface area contributed by atoms with E-state index in [2.05, 4.69) is 20.4 Å². The first-order chi connectivity index (χ1) is 20.4. The van der Waals surface area contributed by atoms with Crippen molar-refractivity contribution >= 4 is 44.1 Å². The molecule has 0 aliphatic carbocycles. The molecule has 0 saturated heterocycles. The number of aryl methyl sites for hydroxylation is 2. The zero-order valence-electron chi connectivity index (χ0n) is 30.0. The summed E-state index contributed by atoms with van der Waals surface area (Å²) < 4.78 is 138. The van der Waals surface area contributed by atoms with E-state index >= 15 is 0 Å². The minimum Gasteiger partial charge on any atom is -0.329 e. The summed E-state index contributed by atoms with van der Waals surface area (Å²) in [6.07, 6.45) is -0.767. The van der Waals surface area contributed by atoms with Gasteiger partial charge in [0.25, 0.3) is 0 Å². The Morgan fingerprint density at radius 3 is 2.81 bits per heavy atom. The van der Waals surface area contributed by atoms with Crippen LogP contribution in [0.4, 0.5) is 23.1 Å². The number of hydrogen-bond acceptors (Lipinski definition) is 7. The average Bonchev–Trinajstić information content (AvgIpc) is 3.25. The van der Waals surface area contributed by atoms with Crippen molar-refractivity contribution in [2.45, 2.75) is 18.7 Å². The first-order valence-electron chi connectivity index (χ1n) is 15.4. The highest BCUT2D eigenvalue weighted by molar-refractivity contribution is 7.89. The maximum absolute atomic E-state index is 12.3. The van der Waals surface area contributed by atoms with Gasteiger partial charge < -0.3 is 10.2 Å². The molecule has 0 aliphatic rings. The topological polar surface area (TPSA) is 119 Å². The van der Waals surface area contributed by atoms with Crippen LogP contribution >= 0.6 is 0 Å². The third-order valence-electron chi connectivity index (χ3n) is 4.15. The highest BCUT2D eigenvalue weighted by Gasteiger charge is 2.14. The Hall–Kier alpha value is -3.50. The fourth-order valence-electron chi connectivity index (χ4n) is 2.55. The lowest BCUT2D eigenvalue weighted by Crippen LogP contribution is -2.14. The summed E-state index contributed by atoms with van der Waals surface area (Å²) in [4.78, 5) is 7.54. The number of sulfonamides is 1. The van der Waals surface area contributed by atoms with Gasteiger partial charge in [-0.05, 0) is 55.6 Å². The molecule has 0 bridgehead atoms. The highest BCUT2D eigenvalue weighted by Crippen LogP contribution is 2.28. The molecule has 0 aliphatic heterocycles. The van der Waals surface area contributed by atoms with E-state index in [1.54, 1.807) is 0 Å². The van der Waals surface area contributed by atoms with Crippen LogP contribution in [0.25, 0.3) is 10.9 Å². The Labute approximate surface area is 200 Å². The Bertz CT molecular complexity index is 2010. The molecular weight excluding hydrogens is 414 g/mol. The molecule has 9 nitrogen and oxygen atoms in total. The monoisotopic (exact) mass is 451 g/mol.